The van der Waals surface area contributed by atoms with Crippen LogP contribution in [-0.2, 0) is 4.79 Å². The Morgan fingerprint density at radius 1 is 1.40 bits per heavy atom. The molecular formula is C16H23NO3. The first-order chi connectivity index (χ1) is 9.39. The third-order valence-electron chi connectivity index (χ3n) is 3.78. The minimum Gasteiger partial charge on any atom is -0.483 e. The SMILES string of the molecule is Cc1cccc(C)c1OCC(=O)N1CCCC(C)(O)C1. The highest BCUT2D eigenvalue weighted by molar-refractivity contribution is 5.78. The van der Waals surface area contributed by atoms with Crippen molar-refractivity contribution < 1.29 is 14.6 Å². The van der Waals surface area contributed by atoms with E-state index in [0.29, 0.717) is 13.1 Å². The molecule has 1 aromatic carbocycles. The van der Waals surface area contributed by atoms with Crippen molar-refractivity contribution in [3.8, 4) is 5.75 Å². The van der Waals surface area contributed by atoms with Crippen LogP contribution in [0.4, 0.5) is 0 Å². The van der Waals surface area contributed by atoms with Crippen LogP contribution < -0.4 is 4.74 Å². The topological polar surface area (TPSA) is 49.8 Å². The van der Waals surface area contributed by atoms with Gasteiger partial charge in [0.1, 0.15) is 5.75 Å². The van der Waals surface area contributed by atoms with Crippen molar-refractivity contribution in [2.75, 3.05) is 19.7 Å². The van der Waals surface area contributed by atoms with Gasteiger partial charge in [0.2, 0.25) is 0 Å². The van der Waals surface area contributed by atoms with E-state index in [1.807, 2.05) is 32.0 Å². The Morgan fingerprint density at radius 2 is 2.05 bits per heavy atom. The van der Waals surface area contributed by atoms with Crippen LogP contribution in [0.2, 0.25) is 0 Å². The van der Waals surface area contributed by atoms with E-state index < -0.39 is 5.60 Å². The molecule has 0 aromatic heterocycles. The fraction of sp³-hybridized carbons (Fsp3) is 0.562. The number of piperidine rings is 1. The van der Waals surface area contributed by atoms with E-state index in [9.17, 15) is 9.90 Å². The highest BCUT2D eigenvalue weighted by Gasteiger charge is 2.31. The van der Waals surface area contributed by atoms with Crippen molar-refractivity contribution in [3.05, 3.63) is 29.3 Å². The normalized spacial score (nSPS) is 22.7. The second-order valence-electron chi connectivity index (χ2n) is 5.93. The van der Waals surface area contributed by atoms with Gasteiger partial charge in [-0.3, -0.25) is 4.79 Å². The molecule has 1 amide bonds. The zero-order valence-corrected chi connectivity index (χ0v) is 12.5. The molecule has 0 bridgehead atoms. The number of aryl methyl sites for hydroxylation is 2. The Hall–Kier alpha value is -1.55. The van der Waals surface area contributed by atoms with Gasteiger partial charge < -0.3 is 14.7 Å². The standard InChI is InChI=1S/C16H23NO3/c1-12-6-4-7-13(2)15(12)20-10-14(18)17-9-5-8-16(3,19)11-17/h4,6-7,19H,5,8-11H2,1-3H3. The lowest BCUT2D eigenvalue weighted by Gasteiger charge is -2.36. The van der Waals surface area contributed by atoms with E-state index in [2.05, 4.69) is 0 Å². The summed E-state index contributed by atoms with van der Waals surface area (Å²) in [4.78, 5) is 13.9. The Bertz CT molecular complexity index is 476. The molecule has 0 saturated carbocycles. The highest BCUT2D eigenvalue weighted by Crippen LogP contribution is 2.23. The maximum Gasteiger partial charge on any atom is 0.260 e. The minimum atomic E-state index is -0.771. The summed E-state index contributed by atoms with van der Waals surface area (Å²) in [6, 6.07) is 5.91. The first-order valence-corrected chi connectivity index (χ1v) is 7.08. The Morgan fingerprint density at radius 3 is 2.65 bits per heavy atom. The van der Waals surface area contributed by atoms with E-state index in [4.69, 9.17) is 4.74 Å². The maximum atomic E-state index is 12.2. The van der Waals surface area contributed by atoms with Crippen LogP contribution >= 0.6 is 0 Å². The number of ether oxygens (including phenoxy) is 1. The van der Waals surface area contributed by atoms with Crippen LogP contribution in [0.5, 0.6) is 5.75 Å². The number of β-amino-alcohol motifs (C(OH)–C–C–N with tert-alkyl or cyclic N) is 1. The molecule has 1 aromatic rings. The summed E-state index contributed by atoms with van der Waals surface area (Å²) in [6.45, 7) is 6.84. The van der Waals surface area contributed by atoms with Crippen LogP contribution in [0.3, 0.4) is 0 Å². The predicted octanol–water partition coefficient (Wildman–Crippen LogP) is 2.06. The summed E-state index contributed by atoms with van der Waals surface area (Å²) < 4.78 is 5.68. The van der Waals surface area contributed by atoms with Gasteiger partial charge in [-0.1, -0.05) is 18.2 Å². The molecule has 4 heteroatoms. The van der Waals surface area contributed by atoms with Gasteiger partial charge in [0.15, 0.2) is 6.61 Å². The number of para-hydroxylation sites is 1. The van der Waals surface area contributed by atoms with Crippen molar-refractivity contribution in [1.29, 1.82) is 0 Å². The number of hydrogen-bond acceptors (Lipinski definition) is 3. The number of carbonyl (C=O) groups excluding carboxylic acids is 1. The average Bonchev–Trinajstić information content (AvgIpc) is 2.36. The number of hydrogen-bond donors (Lipinski definition) is 1. The van der Waals surface area contributed by atoms with E-state index in [1.54, 1.807) is 11.8 Å². The molecule has 2 rings (SSSR count). The number of nitrogens with zero attached hydrogens (tertiary/aromatic N) is 1. The first kappa shape index (κ1) is 14.9. The lowest BCUT2D eigenvalue weighted by atomic mass is 9.95. The van der Waals surface area contributed by atoms with Crippen LogP contribution in [0.25, 0.3) is 0 Å². The number of benzene rings is 1. The fourth-order valence-electron chi connectivity index (χ4n) is 2.68. The molecule has 1 heterocycles. The molecule has 1 aliphatic rings. The van der Waals surface area contributed by atoms with Crippen LogP contribution in [0.15, 0.2) is 18.2 Å². The fourth-order valence-corrected chi connectivity index (χ4v) is 2.68. The van der Waals surface area contributed by atoms with Gasteiger partial charge in [-0.25, -0.2) is 0 Å². The Labute approximate surface area is 120 Å². The molecule has 110 valence electrons. The number of likely N-dealkylation sites (tertiary alicyclic amines) is 1. The predicted molar refractivity (Wildman–Crippen MR) is 77.8 cm³/mol. The molecule has 4 nitrogen and oxygen atoms in total. The van der Waals surface area contributed by atoms with Gasteiger partial charge >= 0.3 is 0 Å². The summed E-state index contributed by atoms with van der Waals surface area (Å²) in [6.07, 6.45) is 1.58. The zero-order chi connectivity index (χ0) is 14.8. The van der Waals surface area contributed by atoms with E-state index in [1.165, 1.54) is 0 Å². The molecule has 0 aliphatic carbocycles. The van der Waals surface area contributed by atoms with E-state index in [0.717, 1.165) is 29.7 Å². The molecule has 1 aliphatic heterocycles. The lowest BCUT2D eigenvalue weighted by Crippen LogP contribution is -2.49. The molecule has 1 fully saturated rings. The summed E-state index contributed by atoms with van der Waals surface area (Å²) in [5, 5.41) is 10.0. The average molecular weight is 277 g/mol. The molecule has 0 spiro atoms. The molecule has 1 unspecified atom stereocenters. The molecule has 20 heavy (non-hydrogen) atoms. The molecule has 1 N–H and O–H groups in total. The van der Waals surface area contributed by atoms with Crippen molar-refractivity contribution in [2.45, 2.75) is 39.2 Å². The highest BCUT2D eigenvalue weighted by atomic mass is 16.5. The Balaban J connectivity index is 1.95. The molecule has 1 saturated heterocycles. The third kappa shape index (κ3) is 3.51. The number of amides is 1. The maximum absolute atomic E-state index is 12.2. The smallest absolute Gasteiger partial charge is 0.260 e. The van der Waals surface area contributed by atoms with Gasteiger partial charge in [0.05, 0.1) is 5.60 Å². The first-order valence-electron chi connectivity index (χ1n) is 7.08. The van der Waals surface area contributed by atoms with Gasteiger partial charge in [0.25, 0.3) is 5.91 Å². The third-order valence-corrected chi connectivity index (χ3v) is 3.78. The van der Waals surface area contributed by atoms with Crippen LogP contribution in [-0.4, -0.2) is 41.2 Å². The quantitative estimate of drug-likeness (QED) is 0.920. The molecular weight excluding hydrogens is 254 g/mol. The van der Waals surface area contributed by atoms with Gasteiger partial charge in [-0.15, -0.1) is 0 Å². The molecule has 0 radical (unpaired) electrons. The summed E-state index contributed by atoms with van der Waals surface area (Å²) >= 11 is 0. The number of rotatable bonds is 3. The lowest BCUT2D eigenvalue weighted by molar-refractivity contribution is -0.139. The van der Waals surface area contributed by atoms with Gasteiger partial charge in [0, 0.05) is 13.1 Å². The van der Waals surface area contributed by atoms with Crippen LogP contribution in [0, 0.1) is 13.8 Å². The van der Waals surface area contributed by atoms with Crippen molar-refractivity contribution in [1.82, 2.24) is 4.90 Å². The minimum absolute atomic E-state index is 0.0295. The summed E-state index contributed by atoms with van der Waals surface area (Å²) in [5.41, 5.74) is 1.29. The monoisotopic (exact) mass is 277 g/mol. The summed E-state index contributed by atoms with van der Waals surface area (Å²) in [5.74, 6) is 0.720. The zero-order valence-electron chi connectivity index (χ0n) is 12.5. The van der Waals surface area contributed by atoms with Crippen molar-refractivity contribution in [3.63, 3.8) is 0 Å². The second kappa shape index (κ2) is 5.83. The van der Waals surface area contributed by atoms with E-state index >= 15 is 0 Å². The largest absolute Gasteiger partial charge is 0.483 e. The van der Waals surface area contributed by atoms with Crippen LogP contribution in [0.1, 0.15) is 30.9 Å². The molecule has 1 atom stereocenters. The second-order valence-corrected chi connectivity index (χ2v) is 5.93. The van der Waals surface area contributed by atoms with Crippen molar-refractivity contribution >= 4 is 5.91 Å². The van der Waals surface area contributed by atoms with Gasteiger partial charge in [-0.05, 0) is 44.7 Å². The number of carbonyl (C=O) groups is 1. The summed E-state index contributed by atoms with van der Waals surface area (Å²) in [7, 11) is 0. The van der Waals surface area contributed by atoms with E-state index in [-0.39, 0.29) is 12.5 Å². The number of aliphatic hydroxyl groups is 1. The van der Waals surface area contributed by atoms with Crippen molar-refractivity contribution in [2.24, 2.45) is 0 Å². The Kier molecular flexibility index (Phi) is 4.33. The van der Waals surface area contributed by atoms with Gasteiger partial charge in [-0.2, -0.15) is 0 Å².